The van der Waals surface area contributed by atoms with Crippen molar-refractivity contribution < 1.29 is 10.2 Å². The van der Waals surface area contributed by atoms with Crippen molar-refractivity contribution in [2.75, 3.05) is 26.2 Å². The number of nitrogens with zero attached hydrogens (tertiary/aromatic N) is 1. The molecule has 0 rings (SSSR count). The highest BCUT2D eigenvalue weighted by Gasteiger charge is 2.06. The minimum Gasteiger partial charge on any atom is -0.395 e. The second-order valence-electron chi connectivity index (χ2n) is 4.64. The fourth-order valence-corrected chi connectivity index (χ4v) is 1.93. The second kappa shape index (κ2) is 11.4. The van der Waals surface area contributed by atoms with Gasteiger partial charge in [0.05, 0.1) is 12.7 Å². The van der Waals surface area contributed by atoms with E-state index in [0.717, 1.165) is 6.54 Å². The summed E-state index contributed by atoms with van der Waals surface area (Å²) < 4.78 is 0. The van der Waals surface area contributed by atoms with E-state index < -0.39 is 0 Å². The Bertz CT molecular complexity index is 140. The Balaban J connectivity index is 3.44. The van der Waals surface area contributed by atoms with E-state index in [1.54, 1.807) is 6.92 Å². The molecule has 0 aromatic carbocycles. The fraction of sp³-hybridized carbons (Fsp3) is 1.00. The summed E-state index contributed by atoms with van der Waals surface area (Å²) >= 11 is 0. The number of unbranched alkanes of at least 4 members (excludes halogenated alkanes) is 5. The van der Waals surface area contributed by atoms with Crippen LogP contribution in [0.4, 0.5) is 0 Å². The first-order valence-electron chi connectivity index (χ1n) is 6.72. The van der Waals surface area contributed by atoms with E-state index in [0.29, 0.717) is 13.1 Å². The van der Waals surface area contributed by atoms with Crippen LogP contribution in [0.3, 0.4) is 0 Å². The van der Waals surface area contributed by atoms with Crippen LogP contribution in [0.2, 0.25) is 0 Å². The lowest BCUT2D eigenvalue weighted by Gasteiger charge is -2.22. The monoisotopic (exact) mass is 231 g/mol. The van der Waals surface area contributed by atoms with E-state index in [1.165, 1.54) is 38.5 Å². The molecule has 0 bridgehead atoms. The van der Waals surface area contributed by atoms with Gasteiger partial charge in [-0.2, -0.15) is 0 Å². The van der Waals surface area contributed by atoms with Crippen molar-refractivity contribution >= 4 is 0 Å². The van der Waals surface area contributed by atoms with Crippen molar-refractivity contribution in [3.05, 3.63) is 0 Å². The molecular formula is C13H29NO2. The molecule has 0 aromatic rings. The number of aliphatic hydroxyl groups excluding tert-OH is 2. The molecule has 0 saturated heterocycles. The maximum absolute atomic E-state index is 9.30. The number of aliphatic hydroxyl groups is 2. The van der Waals surface area contributed by atoms with E-state index in [4.69, 9.17) is 5.11 Å². The Morgan fingerprint density at radius 3 is 2.19 bits per heavy atom. The average molecular weight is 231 g/mol. The molecule has 0 aliphatic rings. The molecule has 0 amide bonds. The van der Waals surface area contributed by atoms with E-state index in [9.17, 15) is 5.11 Å². The predicted molar refractivity (Wildman–Crippen MR) is 68.6 cm³/mol. The summed E-state index contributed by atoms with van der Waals surface area (Å²) in [6.45, 7) is 6.56. The Morgan fingerprint density at radius 1 is 1.00 bits per heavy atom. The van der Waals surface area contributed by atoms with Crippen molar-refractivity contribution in [3.8, 4) is 0 Å². The lowest BCUT2D eigenvalue weighted by molar-refractivity contribution is 0.110. The van der Waals surface area contributed by atoms with Crippen LogP contribution in [0, 0.1) is 0 Å². The summed E-state index contributed by atoms with van der Waals surface area (Å²) in [4.78, 5) is 2.14. The van der Waals surface area contributed by atoms with Crippen molar-refractivity contribution in [3.63, 3.8) is 0 Å². The molecule has 0 saturated carbocycles. The summed E-state index contributed by atoms with van der Waals surface area (Å²) in [5.74, 6) is 0. The molecule has 1 atom stereocenters. The smallest absolute Gasteiger partial charge is 0.0639 e. The lowest BCUT2D eigenvalue weighted by atomic mass is 10.1. The molecule has 2 N–H and O–H groups in total. The predicted octanol–water partition coefficient (Wildman–Crippen LogP) is 2.02. The highest BCUT2D eigenvalue weighted by molar-refractivity contribution is 4.61. The number of hydrogen-bond acceptors (Lipinski definition) is 3. The van der Waals surface area contributed by atoms with Gasteiger partial charge in [0.1, 0.15) is 0 Å². The SMILES string of the molecule is CCCCCCCCN(CCO)CC(C)O. The first-order valence-corrected chi connectivity index (χ1v) is 6.72. The van der Waals surface area contributed by atoms with Gasteiger partial charge in [-0.1, -0.05) is 39.0 Å². The van der Waals surface area contributed by atoms with Crippen LogP contribution in [0.5, 0.6) is 0 Å². The molecule has 16 heavy (non-hydrogen) atoms. The van der Waals surface area contributed by atoms with Crippen LogP contribution < -0.4 is 0 Å². The maximum atomic E-state index is 9.30. The minimum atomic E-state index is -0.299. The van der Waals surface area contributed by atoms with Crippen molar-refractivity contribution in [1.82, 2.24) is 4.90 Å². The Hall–Kier alpha value is -0.120. The van der Waals surface area contributed by atoms with Gasteiger partial charge in [-0.15, -0.1) is 0 Å². The van der Waals surface area contributed by atoms with Crippen LogP contribution >= 0.6 is 0 Å². The summed E-state index contributed by atoms with van der Waals surface area (Å²) in [7, 11) is 0. The second-order valence-corrected chi connectivity index (χ2v) is 4.64. The molecular weight excluding hydrogens is 202 g/mol. The zero-order chi connectivity index (χ0) is 12.2. The zero-order valence-electron chi connectivity index (χ0n) is 11.0. The third kappa shape index (κ3) is 10.4. The molecule has 0 fully saturated rings. The Kier molecular flexibility index (Phi) is 11.3. The fourth-order valence-electron chi connectivity index (χ4n) is 1.93. The van der Waals surface area contributed by atoms with Crippen LogP contribution in [0.1, 0.15) is 52.4 Å². The van der Waals surface area contributed by atoms with Crippen molar-refractivity contribution in [1.29, 1.82) is 0 Å². The first-order chi connectivity index (χ1) is 7.70. The lowest BCUT2D eigenvalue weighted by Crippen LogP contribution is -2.34. The van der Waals surface area contributed by atoms with E-state index in [2.05, 4.69) is 11.8 Å². The van der Waals surface area contributed by atoms with Gasteiger partial charge in [0, 0.05) is 13.1 Å². The normalized spacial score (nSPS) is 13.3. The van der Waals surface area contributed by atoms with Gasteiger partial charge in [-0.25, -0.2) is 0 Å². The third-order valence-corrected chi connectivity index (χ3v) is 2.77. The van der Waals surface area contributed by atoms with Gasteiger partial charge in [0.25, 0.3) is 0 Å². The molecule has 0 aliphatic heterocycles. The van der Waals surface area contributed by atoms with Crippen molar-refractivity contribution in [2.45, 2.75) is 58.5 Å². The third-order valence-electron chi connectivity index (χ3n) is 2.77. The zero-order valence-corrected chi connectivity index (χ0v) is 11.0. The standard InChI is InChI=1S/C13H29NO2/c1-3-4-5-6-7-8-9-14(10-11-15)12-13(2)16/h13,15-16H,3-12H2,1-2H3. The molecule has 98 valence electrons. The summed E-state index contributed by atoms with van der Waals surface area (Å²) in [6, 6.07) is 0. The van der Waals surface area contributed by atoms with E-state index in [1.807, 2.05) is 0 Å². The number of hydrogen-bond donors (Lipinski definition) is 2. The topological polar surface area (TPSA) is 43.7 Å². The first kappa shape index (κ1) is 15.9. The van der Waals surface area contributed by atoms with Crippen LogP contribution in [0.15, 0.2) is 0 Å². The Labute approximate surface area is 100 Å². The minimum absolute atomic E-state index is 0.183. The molecule has 0 aliphatic carbocycles. The largest absolute Gasteiger partial charge is 0.395 e. The molecule has 3 heteroatoms. The Morgan fingerprint density at radius 2 is 1.62 bits per heavy atom. The van der Waals surface area contributed by atoms with Crippen LogP contribution in [-0.4, -0.2) is 47.5 Å². The molecule has 0 radical (unpaired) electrons. The highest BCUT2D eigenvalue weighted by atomic mass is 16.3. The number of rotatable bonds is 11. The molecule has 0 aromatic heterocycles. The van der Waals surface area contributed by atoms with Gasteiger partial charge in [-0.3, -0.25) is 4.90 Å². The summed E-state index contributed by atoms with van der Waals surface area (Å²) in [6.07, 6.45) is 7.43. The van der Waals surface area contributed by atoms with Gasteiger partial charge >= 0.3 is 0 Å². The molecule has 0 heterocycles. The summed E-state index contributed by atoms with van der Waals surface area (Å²) in [5, 5.41) is 18.2. The maximum Gasteiger partial charge on any atom is 0.0639 e. The van der Waals surface area contributed by atoms with Gasteiger partial charge in [0.15, 0.2) is 0 Å². The average Bonchev–Trinajstić information content (AvgIpc) is 2.22. The molecule has 0 spiro atoms. The van der Waals surface area contributed by atoms with Crippen LogP contribution in [0.25, 0.3) is 0 Å². The van der Waals surface area contributed by atoms with Crippen LogP contribution in [-0.2, 0) is 0 Å². The van der Waals surface area contributed by atoms with E-state index >= 15 is 0 Å². The van der Waals surface area contributed by atoms with Gasteiger partial charge in [-0.05, 0) is 19.9 Å². The van der Waals surface area contributed by atoms with Gasteiger partial charge < -0.3 is 10.2 Å². The summed E-state index contributed by atoms with van der Waals surface area (Å²) in [5.41, 5.74) is 0. The quantitative estimate of drug-likeness (QED) is 0.535. The van der Waals surface area contributed by atoms with Gasteiger partial charge in [0.2, 0.25) is 0 Å². The molecule has 1 unspecified atom stereocenters. The van der Waals surface area contributed by atoms with Crippen molar-refractivity contribution in [2.24, 2.45) is 0 Å². The van der Waals surface area contributed by atoms with E-state index in [-0.39, 0.29) is 12.7 Å². The highest BCUT2D eigenvalue weighted by Crippen LogP contribution is 2.06. The molecule has 3 nitrogen and oxygen atoms in total.